The van der Waals surface area contributed by atoms with Gasteiger partial charge >= 0.3 is 0 Å². The van der Waals surface area contributed by atoms with Crippen molar-refractivity contribution in [2.45, 2.75) is 26.5 Å². The van der Waals surface area contributed by atoms with E-state index in [0.717, 1.165) is 5.56 Å². The molecule has 0 spiro atoms. The van der Waals surface area contributed by atoms with Gasteiger partial charge in [-0.3, -0.25) is 14.2 Å². The normalized spacial score (nSPS) is 17.6. The third-order valence-corrected chi connectivity index (χ3v) is 4.48. The van der Waals surface area contributed by atoms with Crippen LogP contribution in [0, 0.1) is 19.7 Å². The van der Waals surface area contributed by atoms with Crippen LogP contribution in [-0.4, -0.2) is 40.1 Å². The Balaban J connectivity index is 1.71. The van der Waals surface area contributed by atoms with E-state index < -0.39 is 0 Å². The van der Waals surface area contributed by atoms with E-state index in [2.05, 4.69) is 4.98 Å². The molecule has 1 aliphatic rings. The van der Waals surface area contributed by atoms with Gasteiger partial charge in [-0.15, -0.1) is 0 Å². The van der Waals surface area contributed by atoms with Gasteiger partial charge in [0.2, 0.25) is 5.91 Å². The van der Waals surface area contributed by atoms with Crippen LogP contribution in [0.15, 0.2) is 35.4 Å². The van der Waals surface area contributed by atoms with Gasteiger partial charge in [0, 0.05) is 17.8 Å². The lowest BCUT2D eigenvalue weighted by Crippen LogP contribution is -2.44. The van der Waals surface area contributed by atoms with Gasteiger partial charge in [0.05, 0.1) is 19.5 Å². The number of aryl methyl sites for hydroxylation is 1. The fourth-order valence-electron chi connectivity index (χ4n) is 2.79. The standard InChI is InChI=1S/C18H20FN3O3/c1-12-13(2)20-11-22(18(12)24)10-17(23)21-7-8-25-16(9-21)14-3-5-15(19)6-4-14/h3-6,11,16H,7-10H2,1-2H3/t16-/m1/s1. The van der Waals surface area contributed by atoms with Crippen molar-refractivity contribution in [2.75, 3.05) is 19.7 Å². The first-order chi connectivity index (χ1) is 12.0. The summed E-state index contributed by atoms with van der Waals surface area (Å²) in [6, 6.07) is 6.07. The SMILES string of the molecule is Cc1ncn(CC(=O)N2CCO[C@@H](c3ccc(F)cc3)C2)c(=O)c1C. The summed E-state index contributed by atoms with van der Waals surface area (Å²) in [6.45, 7) is 4.64. The van der Waals surface area contributed by atoms with Crippen LogP contribution in [0.25, 0.3) is 0 Å². The lowest BCUT2D eigenvalue weighted by molar-refractivity contribution is -0.139. The fraction of sp³-hybridized carbons (Fsp3) is 0.389. The second kappa shape index (κ2) is 7.14. The predicted octanol–water partition coefficient (Wildman–Crippen LogP) is 1.60. The van der Waals surface area contributed by atoms with E-state index in [9.17, 15) is 14.0 Å². The summed E-state index contributed by atoms with van der Waals surface area (Å²) in [7, 11) is 0. The van der Waals surface area contributed by atoms with E-state index >= 15 is 0 Å². The van der Waals surface area contributed by atoms with E-state index in [1.54, 1.807) is 30.9 Å². The Morgan fingerprint density at radius 3 is 2.76 bits per heavy atom. The summed E-state index contributed by atoms with van der Waals surface area (Å²) in [5, 5.41) is 0. The van der Waals surface area contributed by atoms with E-state index in [1.165, 1.54) is 23.0 Å². The molecule has 2 heterocycles. The first kappa shape index (κ1) is 17.3. The molecule has 1 atom stereocenters. The van der Waals surface area contributed by atoms with Gasteiger partial charge < -0.3 is 9.64 Å². The molecule has 0 bridgehead atoms. The summed E-state index contributed by atoms with van der Waals surface area (Å²) in [4.78, 5) is 30.6. The largest absolute Gasteiger partial charge is 0.370 e. The molecule has 132 valence electrons. The quantitative estimate of drug-likeness (QED) is 0.848. The Kier molecular flexibility index (Phi) is 4.94. The molecule has 1 aliphatic heterocycles. The molecule has 1 fully saturated rings. The molecule has 0 unspecified atom stereocenters. The van der Waals surface area contributed by atoms with Crippen LogP contribution < -0.4 is 5.56 Å². The van der Waals surface area contributed by atoms with Gasteiger partial charge in [-0.05, 0) is 31.5 Å². The van der Waals surface area contributed by atoms with Crippen molar-refractivity contribution in [3.63, 3.8) is 0 Å². The zero-order valence-electron chi connectivity index (χ0n) is 14.2. The van der Waals surface area contributed by atoms with Crippen LogP contribution >= 0.6 is 0 Å². The fourth-order valence-corrected chi connectivity index (χ4v) is 2.79. The zero-order chi connectivity index (χ0) is 18.0. The van der Waals surface area contributed by atoms with Crippen LogP contribution in [0.1, 0.15) is 22.9 Å². The number of carbonyl (C=O) groups excluding carboxylic acids is 1. The Labute approximate surface area is 144 Å². The lowest BCUT2D eigenvalue weighted by Gasteiger charge is -2.33. The maximum atomic E-state index is 13.1. The zero-order valence-corrected chi connectivity index (χ0v) is 14.2. The number of halogens is 1. The van der Waals surface area contributed by atoms with Crippen LogP contribution in [0.2, 0.25) is 0 Å². The summed E-state index contributed by atoms with van der Waals surface area (Å²) in [5.41, 5.74) is 1.83. The van der Waals surface area contributed by atoms with Crippen molar-refractivity contribution in [1.29, 1.82) is 0 Å². The highest BCUT2D eigenvalue weighted by Gasteiger charge is 2.25. The van der Waals surface area contributed by atoms with Gasteiger partial charge in [0.15, 0.2) is 0 Å². The van der Waals surface area contributed by atoms with Crippen LogP contribution in [-0.2, 0) is 16.1 Å². The van der Waals surface area contributed by atoms with E-state index in [4.69, 9.17) is 4.74 Å². The monoisotopic (exact) mass is 345 g/mol. The number of aromatic nitrogens is 2. The minimum atomic E-state index is -0.311. The predicted molar refractivity (Wildman–Crippen MR) is 89.6 cm³/mol. The molecule has 2 aromatic rings. The van der Waals surface area contributed by atoms with Gasteiger partial charge in [-0.1, -0.05) is 12.1 Å². The molecule has 1 aromatic heterocycles. The number of morpholine rings is 1. The van der Waals surface area contributed by atoms with E-state index in [1.807, 2.05) is 0 Å². The second-order valence-electron chi connectivity index (χ2n) is 6.14. The Hall–Kier alpha value is -2.54. The van der Waals surface area contributed by atoms with Gasteiger partial charge in [0.1, 0.15) is 18.5 Å². The molecular formula is C18H20FN3O3. The maximum absolute atomic E-state index is 13.1. The van der Waals surface area contributed by atoms with Gasteiger partial charge in [-0.25, -0.2) is 9.37 Å². The number of carbonyl (C=O) groups is 1. The average Bonchev–Trinajstić information content (AvgIpc) is 2.63. The molecule has 0 N–H and O–H groups in total. The molecule has 7 heteroatoms. The number of amides is 1. The highest BCUT2D eigenvalue weighted by Crippen LogP contribution is 2.22. The smallest absolute Gasteiger partial charge is 0.256 e. The van der Waals surface area contributed by atoms with Crippen molar-refractivity contribution in [3.8, 4) is 0 Å². The van der Waals surface area contributed by atoms with Crippen molar-refractivity contribution < 1.29 is 13.9 Å². The third kappa shape index (κ3) is 3.76. The van der Waals surface area contributed by atoms with E-state index in [0.29, 0.717) is 31.0 Å². The Morgan fingerprint density at radius 2 is 2.04 bits per heavy atom. The third-order valence-electron chi connectivity index (χ3n) is 4.48. The maximum Gasteiger partial charge on any atom is 0.256 e. The molecule has 1 aromatic carbocycles. The van der Waals surface area contributed by atoms with Gasteiger partial charge in [0.25, 0.3) is 5.56 Å². The highest BCUT2D eigenvalue weighted by molar-refractivity contribution is 5.76. The molecule has 25 heavy (non-hydrogen) atoms. The minimum Gasteiger partial charge on any atom is -0.370 e. The number of hydrogen-bond acceptors (Lipinski definition) is 4. The van der Waals surface area contributed by atoms with Crippen LogP contribution in [0.5, 0.6) is 0 Å². The lowest BCUT2D eigenvalue weighted by atomic mass is 10.1. The number of nitrogens with zero attached hydrogens (tertiary/aromatic N) is 3. The molecule has 3 rings (SSSR count). The second-order valence-corrected chi connectivity index (χ2v) is 6.14. The minimum absolute atomic E-state index is 0.0525. The summed E-state index contributed by atoms with van der Waals surface area (Å²) in [5.74, 6) is -0.475. The highest BCUT2D eigenvalue weighted by atomic mass is 19.1. The molecule has 6 nitrogen and oxygen atoms in total. The number of rotatable bonds is 3. The summed E-state index contributed by atoms with van der Waals surface area (Å²) in [6.07, 6.45) is 1.11. The molecule has 0 radical (unpaired) electrons. The Bertz CT molecular complexity index is 832. The molecule has 1 saturated heterocycles. The summed E-state index contributed by atoms with van der Waals surface area (Å²) >= 11 is 0. The van der Waals surface area contributed by atoms with Crippen LogP contribution in [0.4, 0.5) is 4.39 Å². The molecular weight excluding hydrogens is 325 g/mol. The topological polar surface area (TPSA) is 64.4 Å². The molecule has 0 saturated carbocycles. The number of hydrogen-bond donors (Lipinski definition) is 0. The number of benzene rings is 1. The average molecular weight is 345 g/mol. The van der Waals surface area contributed by atoms with Crippen molar-refractivity contribution >= 4 is 5.91 Å². The molecule has 0 aliphatic carbocycles. The first-order valence-electron chi connectivity index (χ1n) is 8.13. The first-order valence-corrected chi connectivity index (χ1v) is 8.13. The van der Waals surface area contributed by atoms with E-state index in [-0.39, 0.29) is 29.9 Å². The van der Waals surface area contributed by atoms with Crippen LogP contribution in [0.3, 0.4) is 0 Å². The van der Waals surface area contributed by atoms with Crippen molar-refractivity contribution in [1.82, 2.24) is 14.5 Å². The molecule has 1 amide bonds. The van der Waals surface area contributed by atoms with Crippen molar-refractivity contribution in [3.05, 3.63) is 63.6 Å². The summed E-state index contributed by atoms with van der Waals surface area (Å²) < 4.78 is 20.1. The Morgan fingerprint density at radius 1 is 1.32 bits per heavy atom. The van der Waals surface area contributed by atoms with Gasteiger partial charge in [-0.2, -0.15) is 0 Å². The van der Waals surface area contributed by atoms with Crippen molar-refractivity contribution in [2.24, 2.45) is 0 Å². The number of ether oxygens (including phenoxy) is 1.